The van der Waals surface area contributed by atoms with Crippen LogP contribution >= 0.6 is 35.7 Å². The molecule has 2 N–H and O–H groups in total. The van der Waals surface area contributed by atoms with Crippen LogP contribution in [0, 0.1) is 0 Å². The first kappa shape index (κ1) is 25.2. The van der Waals surface area contributed by atoms with Crippen molar-refractivity contribution in [2.75, 3.05) is 19.8 Å². The lowest BCUT2D eigenvalue weighted by Gasteiger charge is -2.24. The summed E-state index contributed by atoms with van der Waals surface area (Å²) in [5, 5.41) is 11.0. The number of hydrogen-bond acceptors (Lipinski definition) is 4. The van der Waals surface area contributed by atoms with Gasteiger partial charge in [-0.25, -0.2) is 9.67 Å². The van der Waals surface area contributed by atoms with Gasteiger partial charge in [0.05, 0.1) is 6.54 Å². The molecular weight excluding hydrogens is 519 g/mol. The van der Waals surface area contributed by atoms with Gasteiger partial charge in [-0.2, -0.15) is 16.9 Å². The van der Waals surface area contributed by atoms with E-state index in [9.17, 15) is 0 Å². The number of guanidine groups is 1. The van der Waals surface area contributed by atoms with Crippen molar-refractivity contribution in [1.82, 2.24) is 25.4 Å². The number of nitrogens with one attached hydrogen (secondary N) is 2. The van der Waals surface area contributed by atoms with Crippen LogP contribution in [0.5, 0.6) is 0 Å². The van der Waals surface area contributed by atoms with Crippen LogP contribution in [0.1, 0.15) is 25.0 Å². The molecule has 0 aliphatic rings. The predicted octanol–water partition coefficient (Wildman–Crippen LogP) is 4.42. The molecule has 0 atom stereocenters. The first-order valence-electron chi connectivity index (χ1n) is 10.00. The fraction of sp³-hybridized carbons (Fsp3) is 0.348. The molecule has 31 heavy (non-hydrogen) atoms. The van der Waals surface area contributed by atoms with Crippen LogP contribution in [-0.2, 0) is 13.1 Å². The number of benzene rings is 2. The average Bonchev–Trinajstić information content (AvgIpc) is 3.28. The van der Waals surface area contributed by atoms with Crippen LogP contribution in [0.3, 0.4) is 0 Å². The lowest BCUT2D eigenvalue weighted by Crippen LogP contribution is -2.43. The van der Waals surface area contributed by atoms with Gasteiger partial charge in [0.2, 0.25) is 0 Å². The van der Waals surface area contributed by atoms with E-state index >= 15 is 0 Å². The summed E-state index contributed by atoms with van der Waals surface area (Å²) in [4.78, 5) is 8.36. The SMILES string of the molecule is CN=C(NCc1ccccc1-c1ccc(Cn2cncn2)cc1)NCC(C)(C)SC.I. The van der Waals surface area contributed by atoms with Crippen LogP contribution in [0.15, 0.2) is 66.2 Å². The molecule has 166 valence electrons. The maximum absolute atomic E-state index is 4.36. The highest BCUT2D eigenvalue weighted by molar-refractivity contribution is 14.0. The zero-order chi connectivity index (χ0) is 21.4. The number of halogens is 1. The summed E-state index contributed by atoms with van der Waals surface area (Å²) in [6.07, 6.45) is 5.42. The van der Waals surface area contributed by atoms with Crippen molar-refractivity contribution in [1.29, 1.82) is 0 Å². The molecule has 2 aromatic carbocycles. The number of thioether (sulfide) groups is 1. The molecule has 3 rings (SSSR count). The monoisotopic (exact) mass is 550 g/mol. The van der Waals surface area contributed by atoms with Crippen LogP contribution < -0.4 is 10.6 Å². The van der Waals surface area contributed by atoms with E-state index in [4.69, 9.17) is 0 Å². The molecule has 0 radical (unpaired) electrons. The summed E-state index contributed by atoms with van der Waals surface area (Å²) in [7, 11) is 1.81. The molecule has 0 unspecified atom stereocenters. The number of nitrogens with zero attached hydrogens (tertiary/aromatic N) is 4. The second-order valence-electron chi connectivity index (χ2n) is 7.69. The fourth-order valence-electron chi connectivity index (χ4n) is 3.02. The summed E-state index contributed by atoms with van der Waals surface area (Å²) in [5.74, 6) is 0.815. The number of aromatic nitrogens is 3. The molecule has 1 aromatic heterocycles. The smallest absolute Gasteiger partial charge is 0.191 e. The molecule has 3 aromatic rings. The highest BCUT2D eigenvalue weighted by atomic mass is 127. The van der Waals surface area contributed by atoms with Gasteiger partial charge in [-0.3, -0.25) is 4.99 Å². The summed E-state index contributed by atoms with van der Waals surface area (Å²) in [6.45, 7) is 6.72. The highest BCUT2D eigenvalue weighted by Gasteiger charge is 2.16. The van der Waals surface area contributed by atoms with E-state index in [2.05, 4.69) is 94.3 Å². The fourth-order valence-corrected chi connectivity index (χ4v) is 3.23. The Morgan fingerprint density at radius 2 is 1.84 bits per heavy atom. The molecule has 0 fully saturated rings. The standard InChI is InChI=1S/C23H30N6S.HI/c1-23(2,30-4)15-27-22(24-3)26-13-20-7-5-6-8-21(20)19-11-9-18(10-12-19)14-29-17-25-16-28-29;/h5-12,16-17H,13-15H2,1-4H3,(H2,24,26,27);1H. The Morgan fingerprint density at radius 3 is 2.48 bits per heavy atom. The minimum atomic E-state index is 0. The van der Waals surface area contributed by atoms with Gasteiger partial charge in [0.15, 0.2) is 5.96 Å². The van der Waals surface area contributed by atoms with E-state index in [1.54, 1.807) is 19.7 Å². The highest BCUT2D eigenvalue weighted by Crippen LogP contribution is 2.24. The van der Waals surface area contributed by atoms with Crippen molar-refractivity contribution in [3.05, 3.63) is 72.3 Å². The Morgan fingerprint density at radius 1 is 1.10 bits per heavy atom. The molecular formula is C23H31IN6S. The van der Waals surface area contributed by atoms with Crippen molar-refractivity contribution >= 4 is 41.7 Å². The largest absolute Gasteiger partial charge is 0.355 e. The summed E-state index contributed by atoms with van der Waals surface area (Å²) < 4.78 is 1.98. The molecule has 0 aliphatic heterocycles. The maximum atomic E-state index is 4.36. The third-order valence-corrected chi connectivity index (χ3v) is 6.25. The lowest BCUT2D eigenvalue weighted by atomic mass is 9.98. The summed E-state index contributed by atoms with van der Waals surface area (Å²) in [5.41, 5.74) is 4.84. The normalized spacial score (nSPS) is 11.7. The van der Waals surface area contributed by atoms with Crippen molar-refractivity contribution in [2.45, 2.75) is 31.7 Å². The number of aliphatic imine (C=N–C) groups is 1. The van der Waals surface area contributed by atoms with E-state index < -0.39 is 0 Å². The van der Waals surface area contributed by atoms with Gasteiger partial charge in [-0.05, 0) is 42.4 Å². The van der Waals surface area contributed by atoms with E-state index in [1.807, 2.05) is 16.4 Å². The Balaban J connectivity index is 0.00000341. The van der Waals surface area contributed by atoms with Crippen LogP contribution in [0.4, 0.5) is 0 Å². The predicted molar refractivity (Wildman–Crippen MR) is 142 cm³/mol. The minimum Gasteiger partial charge on any atom is -0.355 e. The molecule has 0 amide bonds. The van der Waals surface area contributed by atoms with Crippen molar-refractivity contribution in [3.63, 3.8) is 0 Å². The van der Waals surface area contributed by atoms with Crippen LogP contribution in [0.2, 0.25) is 0 Å². The third kappa shape index (κ3) is 7.53. The Labute approximate surface area is 206 Å². The molecule has 6 nitrogen and oxygen atoms in total. The van der Waals surface area contributed by atoms with E-state index in [-0.39, 0.29) is 28.7 Å². The van der Waals surface area contributed by atoms with Crippen LogP contribution in [-0.4, -0.2) is 45.3 Å². The molecule has 0 aliphatic carbocycles. The number of rotatable bonds is 8. The first-order chi connectivity index (χ1) is 14.5. The molecule has 0 bridgehead atoms. The van der Waals surface area contributed by atoms with Gasteiger partial charge < -0.3 is 10.6 Å². The summed E-state index contributed by atoms with van der Waals surface area (Å²) >= 11 is 1.84. The Hall–Kier alpha value is -2.07. The zero-order valence-electron chi connectivity index (χ0n) is 18.5. The van der Waals surface area contributed by atoms with Gasteiger partial charge >= 0.3 is 0 Å². The molecule has 1 heterocycles. The van der Waals surface area contributed by atoms with E-state index in [0.29, 0.717) is 6.54 Å². The molecule has 8 heteroatoms. The quantitative estimate of drug-likeness (QED) is 0.247. The first-order valence-corrected chi connectivity index (χ1v) is 11.2. The van der Waals surface area contributed by atoms with Gasteiger partial charge in [0.1, 0.15) is 12.7 Å². The van der Waals surface area contributed by atoms with Gasteiger partial charge in [-0.15, -0.1) is 24.0 Å². The van der Waals surface area contributed by atoms with E-state index in [0.717, 1.165) is 19.0 Å². The van der Waals surface area contributed by atoms with Crippen LogP contribution in [0.25, 0.3) is 11.1 Å². The van der Waals surface area contributed by atoms with Crippen molar-refractivity contribution < 1.29 is 0 Å². The third-order valence-electron chi connectivity index (χ3n) is 5.00. The van der Waals surface area contributed by atoms with Crippen molar-refractivity contribution in [2.24, 2.45) is 4.99 Å². The Bertz CT molecular complexity index is 954. The second-order valence-corrected chi connectivity index (χ2v) is 9.20. The second kappa shape index (κ2) is 12.1. The molecule has 0 saturated heterocycles. The van der Waals surface area contributed by atoms with Crippen molar-refractivity contribution in [3.8, 4) is 11.1 Å². The average molecular weight is 551 g/mol. The maximum Gasteiger partial charge on any atom is 0.191 e. The zero-order valence-corrected chi connectivity index (χ0v) is 21.6. The minimum absolute atomic E-state index is 0. The van der Waals surface area contributed by atoms with E-state index in [1.165, 1.54) is 22.3 Å². The number of hydrogen-bond donors (Lipinski definition) is 2. The summed E-state index contributed by atoms with van der Waals surface area (Å²) in [6, 6.07) is 17.1. The van der Waals surface area contributed by atoms with Gasteiger partial charge in [0, 0.05) is 24.9 Å². The van der Waals surface area contributed by atoms with Gasteiger partial charge in [0.25, 0.3) is 0 Å². The molecule has 0 spiro atoms. The van der Waals surface area contributed by atoms with Gasteiger partial charge in [-0.1, -0.05) is 48.5 Å². The lowest BCUT2D eigenvalue weighted by molar-refractivity contribution is 0.664. The Kier molecular flexibility index (Phi) is 9.83. The molecule has 0 saturated carbocycles. The topological polar surface area (TPSA) is 67.1 Å².